The number of hydrogen-bond donors (Lipinski definition) is 4. The molecule has 5 heteroatoms. The Morgan fingerprint density at radius 2 is 2.08 bits per heavy atom. The quantitative estimate of drug-likeness (QED) is 0.263. The van der Waals surface area contributed by atoms with Crippen LogP contribution in [-0.2, 0) is 0 Å². The molecule has 0 spiro atoms. The van der Waals surface area contributed by atoms with Crippen LogP contribution in [0.3, 0.4) is 0 Å². The van der Waals surface area contributed by atoms with Crippen molar-refractivity contribution in [3.05, 3.63) is 0 Å². The average molecular weight is 178 g/mol. The first kappa shape index (κ1) is 11.8. The molecule has 0 aliphatic heterocycles. The normalized spacial score (nSPS) is 13.8. The molecule has 0 aromatic rings. The van der Waals surface area contributed by atoms with Gasteiger partial charge in [0, 0.05) is 19.8 Å². The van der Waals surface area contributed by atoms with Gasteiger partial charge in [-0.3, -0.25) is 4.90 Å². The van der Waals surface area contributed by atoms with E-state index in [1.165, 1.54) is 0 Å². The fourth-order valence-electron chi connectivity index (χ4n) is 0.831. The lowest BCUT2D eigenvalue weighted by atomic mass is 10.3. The predicted molar refractivity (Wildman–Crippen MR) is 45.7 cm³/mol. The molecule has 0 aromatic heterocycles. The van der Waals surface area contributed by atoms with Crippen molar-refractivity contribution in [1.82, 2.24) is 10.2 Å². The highest BCUT2D eigenvalue weighted by Gasteiger charge is 2.05. The molecule has 1 atom stereocenters. The molecule has 0 heterocycles. The molecule has 0 fully saturated rings. The van der Waals surface area contributed by atoms with Crippen molar-refractivity contribution in [1.29, 1.82) is 0 Å². The summed E-state index contributed by atoms with van der Waals surface area (Å²) in [5.74, 6) is 0. The molecule has 0 amide bonds. The lowest BCUT2D eigenvalue weighted by Gasteiger charge is -2.19. The van der Waals surface area contributed by atoms with E-state index in [1.54, 1.807) is 0 Å². The van der Waals surface area contributed by atoms with E-state index in [-0.39, 0.29) is 13.2 Å². The van der Waals surface area contributed by atoms with E-state index in [0.717, 1.165) is 0 Å². The Bertz CT molecular complexity index is 103. The van der Waals surface area contributed by atoms with Crippen LogP contribution in [0.2, 0.25) is 0 Å². The average Bonchev–Trinajstić information content (AvgIpc) is 2.05. The van der Waals surface area contributed by atoms with E-state index in [1.807, 2.05) is 11.9 Å². The molecule has 0 aliphatic rings. The molecule has 1 unspecified atom stereocenters. The van der Waals surface area contributed by atoms with Gasteiger partial charge in [-0.15, -0.1) is 0 Å². The van der Waals surface area contributed by atoms with E-state index in [9.17, 15) is 0 Å². The standard InChI is InChI=1S/C7H18N2O3/c1-9(4-7(12)5-11)6-8-2-3-10/h7-8,10-12H,2-6H2,1H3. The number of nitrogens with one attached hydrogen (secondary N) is 1. The highest BCUT2D eigenvalue weighted by molar-refractivity contribution is 4.58. The third-order valence-electron chi connectivity index (χ3n) is 1.40. The zero-order chi connectivity index (χ0) is 9.40. The van der Waals surface area contributed by atoms with Gasteiger partial charge in [-0.2, -0.15) is 0 Å². The number of hydrogen-bond acceptors (Lipinski definition) is 5. The molecule has 12 heavy (non-hydrogen) atoms. The first-order chi connectivity index (χ1) is 5.70. The Morgan fingerprint density at radius 3 is 2.58 bits per heavy atom. The minimum atomic E-state index is -0.689. The van der Waals surface area contributed by atoms with Crippen molar-refractivity contribution in [3.63, 3.8) is 0 Å². The zero-order valence-corrected chi connectivity index (χ0v) is 7.40. The summed E-state index contributed by atoms with van der Waals surface area (Å²) >= 11 is 0. The molecule has 74 valence electrons. The predicted octanol–water partition coefficient (Wildman–Crippen LogP) is -2.19. The van der Waals surface area contributed by atoms with Gasteiger partial charge in [0.05, 0.1) is 19.3 Å². The second kappa shape index (κ2) is 7.45. The first-order valence-electron chi connectivity index (χ1n) is 3.99. The van der Waals surface area contributed by atoms with Crippen LogP contribution in [0.5, 0.6) is 0 Å². The van der Waals surface area contributed by atoms with Crippen molar-refractivity contribution < 1.29 is 15.3 Å². The van der Waals surface area contributed by atoms with Crippen LogP contribution in [0.4, 0.5) is 0 Å². The Morgan fingerprint density at radius 1 is 1.42 bits per heavy atom. The van der Waals surface area contributed by atoms with Crippen LogP contribution in [-0.4, -0.2) is 66.3 Å². The van der Waals surface area contributed by atoms with Gasteiger partial charge < -0.3 is 20.6 Å². The summed E-state index contributed by atoms with van der Waals surface area (Å²) in [6.45, 7) is 1.45. The summed E-state index contributed by atoms with van der Waals surface area (Å²) in [5, 5.41) is 28.9. The molecule has 0 bridgehead atoms. The van der Waals surface area contributed by atoms with E-state index >= 15 is 0 Å². The van der Waals surface area contributed by atoms with E-state index in [4.69, 9.17) is 15.3 Å². The molecule has 4 N–H and O–H groups in total. The monoisotopic (exact) mass is 178 g/mol. The van der Waals surface area contributed by atoms with Crippen LogP contribution < -0.4 is 5.32 Å². The summed E-state index contributed by atoms with van der Waals surface area (Å²) in [6, 6.07) is 0. The molecule has 0 rings (SSSR count). The maximum Gasteiger partial charge on any atom is 0.0897 e. The largest absolute Gasteiger partial charge is 0.395 e. The molecule has 0 aromatic carbocycles. The van der Waals surface area contributed by atoms with Gasteiger partial charge in [0.25, 0.3) is 0 Å². The molecule has 0 radical (unpaired) electrons. The van der Waals surface area contributed by atoms with Gasteiger partial charge in [-0.05, 0) is 7.05 Å². The fraction of sp³-hybridized carbons (Fsp3) is 1.00. The van der Waals surface area contributed by atoms with E-state index < -0.39 is 6.10 Å². The highest BCUT2D eigenvalue weighted by atomic mass is 16.3. The Labute approximate surface area is 72.6 Å². The Balaban J connectivity index is 3.26. The van der Waals surface area contributed by atoms with Crippen molar-refractivity contribution >= 4 is 0 Å². The second-order valence-corrected chi connectivity index (χ2v) is 2.76. The van der Waals surface area contributed by atoms with Crippen LogP contribution >= 0.6 is 0 Å². The van der Waals surface area contributed by atoms with Crippen LogP contribution in [0.25, 0.3) is 0 Å². The number of likely N-dealkylation sites (N-methyl/N-ethyl adjacent to an activating group) is 1. The number of rotatable bonds is 7. The molecule has 5 nitrogen and oxygen atoms in total. The van der Waals surface area contributed by atoms with Crippen molar-refractivity contribution in [2.75, 3.05) is 40.0 Å². The molecule has 0 saturated heterocycles. The van der Waals surface area contributed by atoms with Gasteiger partial charge in [0.1, 0.15) is 0 Å². The summed E-state index contributed by atoms with van der Waals surface area (Å²) < 4.78 is 0. The second-order valence-electron chi connectivity index (χ2n) is 2.76. The van der Waals surface area contributed by atoms with Crippen molar-refractivity contribution in [2.24, 2.45) is 0 Å². The molecule has 0 saturated carbocycles. The Hall–Kier alpha value is -0.200. The summed E-state index contributed by atoms with van der Waals surface area (Å²) in [6.07, 6.45) is -0.689. The molecular formula is C7H18N2O3. The van der Waals surface area contributed by atoms with E-state index in [2.05, 4.69) is 5.32 Å². The minimum Gasteiger partial charge on any atom is -0.395 e. The van der Waals surface area contributed by atoms with Crippen molar-refractivity contribution in [3.8, 4) is 0 Å². The summed E-state index contributed by atoms with van der Waals surface area (Å²) in [7, 11) is 1.82. The van der Waals surface area contributed by atoms with Gasteiger partial charge in [-0.25, -0.2) is 0 Å². The summed E-state index contributed by atoms with van der Waals surface area (Å²) in [4.78, 5) is 1.83. The minimum absolute atomic E-state index is 0.108. The topological polar surface area (TPSA) is 76.0 Å². The number of aliphatic hydroxyl groups is 3. The lowest BCUT2D eigenvalue weighted by molar-refractivity contribution is 0.0642. The van der Waals surface area contributed by atoms with Crippen molar-refractivity contribution in [2.45, 2.75) is 6.10 Å². The number of nitrogens with zero attached hydrogens (tertiary/aromatic N) is 1. The van der Waals surface area contributed by atoms with Crippen LogP contribution in [0, 0.1) is 0 Å². The highest BCUT2D eigenvalue weighted by Crippen LogP contribution is 1.85. The SMILES string of the molecule is CN(CNCCO)CC(O)CO. The van der Waals surface area contributed by atoms with E-state index in [0.29, 0.717) is 19.8 Å². The first-order valence-corrected chi connectivity index (χ1v) is 3.99. The van der Waals surface area contributed by atoms with Gasteiger partial charge in [0.2, 0.25) is 0 Å². The van der Waals surface area contributed by atoms with Crippen LogP contribution in [0.1, 0.15) is 0 Å². The zero-order valence-electron chi connectivity index (χ0n) is 7.40. The van der Waals surface area contributed by atoms with Gasteiger partial charge >= 0.3 is 0 Å². The number of aliphatic hydroxyl groups excluding tert-OH is 3. The lowest BCUT2D eigenvalue weighted by Crippen LogP contribution is -2.38. The maximum atomic E-state index is 9.02. The maximum absolute atomic E-state index is 9.02. The molecular weight excluding hydrogens is 160 g/mol. The molecule has 0 aliphatic carbocycles. The Kier molecular flexibility index (Phi) is 7.33. The fourth-order valence-corrected chi connectivity index (χ4v) is 0.831. The van der Waals surface area contributed by atoms with Crippen LogP contribution in [0.15, 0.2) is 0 Å². The third kappa shape index (κ3) is 6.51. The summed E-state index contributed by atoms with van der Waals surface area (Å²) in [5.41, 5.74) is 0. The van der Waals surface area contributed by atoms with Gasteiger partial charge in [0.15, 0.2) is 0 Å². The smallest absolute Gasteiger partial charge is 0.0897 e. The third-order valence-corrected chi connectivity index (χ3v) is 1.40. The van der Waals surface area contributed by atoms with Gasteiger partial charge in [-0.1, -0.05) is 0 Å².